The molecule has 18 heavy (non-hydrogen) atoms. The van der Waals surface area contributed by atoms with Gasteiger partial charge in [-0.3, -0.25) is 4.79 Å². The fraction of sp³-hybridized carbons (Fsp3) is 0.300. The highest BCUT2D eigenvalue weighted by molar-refractivity contribution is 7.89. The van der Waals surface area contributed by atoms with E-state index in [0.29, 0.717) is 5.02 Å². The number of halogens is 2. The van der Waals surface area contributed by atoms with Crippen molar-refractivity contribution in [3.05, 3.63) is 28.2 Å². The van der Waals surface area contributed by atoms with E-state index in [1.54, 1.807) is 6.92 Å². The summed E-state index contributed by atoms with van der Waals surface area (Å²) in [5.41, 5.74) is 0. The Labute approximate surface area is 115 Å². The lowest BCUT2D eigenvalue weighted by molar-refractivity contribution is -0.141. The molecule has 0 unspecified atom stereocenters. The van der Waals surface area contributed by atoms with Crippen LogP contribution >= 0.6 is 23.2 Å². The van der Waals surface area contributed by atoms with Gasteiger partial charge in [-0.05, 0) is 25.1 Å². The maximum Gasteiger partial charge on any atom is 0.321 e. The van der Waals surface area contributed by atoms with E-state index in [1.165, 1.54) is 18.2 Å². The zero-order valence-electron chi connectivity index (χ0n) is 9.44. The fourth-order valence-electron chi connectivity index (χ4n) is 1.14. The molecule has 0 saturated heterocycles. The molecule has 0 atom stereocenters. The summed E-state index contributed by atoms with van der Waals surface area (Å²) >= 11 is 11.4. The van der Waals surface area contributed by atoms with Crippen LogP contribution in [0.25, 0.3) is 0 Å². The van der Waals surface area contributed by atoms with Gasteiger partial charge in [-0.1, -0.05) is 23.2 Å². The fourth-order valence-corrected chi connectivity index (χ4v) is 2.88. The zero-order valence-corrected chi connectivity index (χ0v) is 11.8. The van der Waals surface area contributed by atoms with Gasteiger partial charge in [0.2, 0.25) is 10.0 Å². The summed E-state index contributed by atoms with van der Waals surface area (Å²) in [6.07, 6.45) is 0. The van der Waals surface area contributed by atoms with Gasteiger partial charge in [-0.2, -0.15) is 4.72 Å². The molecule has 0 saturated carbocycles. The molecule has 1 N–H and O–H groups in total. The molecular weight excluding hydrogens is 301 g/mol. The molecule has 0 radical (unpaired) electrons. The number of hydrogen-bond donors (Lipinski definition) is 1. The summed E-state index contributed by atoms with van der Waals surface area (Å²) in [5, 5.41) is 0.309. The van der Waals surface area contributed by atoms with Gasteiger partial charge in [0, 0.05) is 5.02 Å². The van der Waals surface area contributed by atoms with Crippen LogP contribution in [0.2, 0.25) is 10.0 Å². The third-order valence-corrected chi connectivity index (χ3v) is 4.01. The molecule has 1 aromatic carbocycles. The molecule has 0 spiro atoms. The van der Waals surface area contributed by atoms with Gasteiger partial charge in [0.15, 0.2) is 0 Å². The topological polar surface area (TPSA) is 72.5 Å². The molecule has 0 aliphatic carbocycles. The van der Waals surface area contributed by atoms with Gasteiger partial charge in [0.1, 0.15) is 11.4 Å². The highest BCUT2D eigenvalue weighted by Crippen LogP contribution is 2.24. The summed E-state index contributed by atoms with van der Waals surface area (Å²) in [5.74, 6) is -0.661. The standard InChI is InChI=1S/C10H11Cl2NO4S/c1-2-17-10(14)6-13-18(15,16)9-4-3-7(11)5-8(9)12/h3-5,13H,2,6H2,1H3. The maximum absolute atomic E-state index is 11.8. The molecule has 1 rings (SSSR count). The normalized spacial score (nSPS) is 11.3. The number of hydrogen-bond acceptors (Lipinski definition) is 4. The van der Waals surface area contributed by atoms with Crippen molar-refractivity contribution < 1.29 is 17.9 Å². The third kappa shape index (κ3) is 4.13. The number of rotatable bonds is 5. The first-order chi connectivity index (χ1) is 8.36. The summed E-state index contributed by atoms with van der Waals surface area (Å²) in [7, 11) is -3.86. The highest BCUT2D eigenvalue weighted by atomic mass is 35.5. The van der Waals surface area contributed by atoms with Gasteiger partial charge in [-0.15, -0.1) is 0 Å². The Kier molecular flexibility index (Phi) is 5.40. The van der Waals surface area contributed by atoms with E-state index in [0.717, 1.165) is 0 Å². The SMILES string of the molecule is CCOC(=O)CNS(=O)(=O)c1ccc(Cl)cc1Cl. The van der Waals surface area contributed by atoms with E-state index in [-0.39, 0.29) is 16.5 Å². The molecular formula is C10H11Cl2NO4S. The second-order valence-corrected chi connectivity index (χ2v) is 5.78. The molecule has 0 aromatic heterocycles. The van der Waals surface area contributed by atoms with E-state index < -0.39 is 22.5 Å². The largest absolute Gasteiger partial charge is 0.465 e. The molecule has 0 fully saturated rings. The molecule has 0 bridgehead atoms. The Morgan fingerprint density at radius 2 is 2.06 bits per heavy atom. The van der Waals surface area contributed by atoms with Crippen molar-refractivity contribution in [2.75, 3.05) is 13.2 Å². The smallest absolute Gasteiger partial charge is 0.321 e. The second kappa shape index (κ2) is 6.38. The van der Waals surface area contributed by atoms with Crippen LogP contribution in [0.4, 0.5) is 0 Å². The van der Waals surface area contributed by atoms with Gasteiger partial charge >= 0.3 is 5.97 Å². The van der Waals surface area contributed by atoms with Gasteiger partial charge in [0.05, 0.1) is 11.6 Å². The number of sulfonamides is 1. The average molecular weight is 312 g/mol. The molecule has 0 aliphatic rings. The average Bonchev–Trinajstić information content (AvgIpc) is 2.26. The van der Waals surface area contributed by atoms with Crippen LogP contribution < -0.4 is 4.72 Å². The van der Waals surface area contributed by atoms with Crippen LogP contribution in [0.1, 0.15) is 6.92 Å². The first kappa shape index (κ1) is 15.2. The van der Waals surface area contributed by atoms with Crippen LogP contribution in [0, 0.1) is 0 Å². The summed E-state index contributed by atoms with van der Waals surface area (Å²) in [4.78, 5) is 10.9. The van der Waals surface area contributed by atoms with Crippen LogP contribution in [0.15, 0.2) is 23.1 Å². The van der Waals surface area contributed by atoms with Crippen LogP contribution in [0.5, 0.6) is 0 Å². The summed E-state index contributed by atoms with van der Waals surface area (Å²) < 4.78 is 30.3. The third-order valence-electron chi connectivity index (χ3n) is 1.90. The number of ether oxygens (including phenoxy) is 1. The molecule has 1 aromatic rings. The number of benzene rings is 1. The van der Waals surface area contributed by atoms with Crippen molar-refractivity contribution >= 4 is 39.2 Å². The highest BCUT2D eigenvalue weighted by Gasteiger charge is 2.19. The minimum absolute atomic E-state index is 0.0149. The molecule has 0 aliphatic heterocycles. The van der Waals surface area contributed by atoms with E-state index in [1.807, 2.05) is 0 Å². The van der Waals surface area contributed by atoms with E-state index in [2.05, 4.69) is 9.46 Å². The first-order valence-electron chi connectivity index (χ1n) is 4.97. The van der Waals surface area contributed by atoms with Crippen molar-refractivity contribution in [2.45, 2.75) is 11.8 Å². The monoisotopic (exact) mass is 311 g/mol. The Hall–Kier alpha value is -0.820. The van der Waals surface area contributed by atoms with Crippen LogP contribution in [-0.4, -0.2) is 27.5 Å². The lowest BCUT2D eigenvalue weighted by Crippen LogP contribution is -2.30. The molecule has 0 heterocycles. The van der Waals surface area contributed by atoms with Gasteiger partial charge in [0.25, 0.3) is 0 Å². The number of carbonyl (C=O) groups is 1. The minimum Gasteiger partial charge on any atom is -0.465 e. The lowest BCUT2D eigenvalue weighted by Gasteiger charge is -2.08. The molecule has 100 valence electrons. The van der Waals surface area contributed by atoms with Crippen molar-refractivity contribution in [1.29, 1.82) is 0 Å². The van der Waals surface area contributed by atoms with Crippen LogP contribution in [0.3, 0.4) is 0 Å². The van der Waals surface area contributed by atoms with Gasteiger partial charge < -0.3 is 4.74 Å². The Bertz CT molecular complexity index is 545. The molecule has 5 nitrogen and oxygen atoms in total. The Balaban J connectivity index is 2.83. The zero-order chi connectivity index (χ0) is 13.8. The number of carbonyl (C=O) groups excluding carboxylic acids is 1. The van der Waals surface area contributed by atoms with E-state index in [9.17, 15) is 13.2 Å². The molecule has 8 heteroatoms. The lowest BCUT2D eigenvalue weighted by atomic mass is 10.4. The Morgan fingerprint density at radius 1 is 1.39 bits per heavy atom. The van der Waals surface area contributed by atoms with E-state index in [4.69, 9.17) is 23.2 Å². The number of esters is 1. The first-order valence-corrected chi connectivity index (χ1v) is 7.21. The molecule has 0 amide bonds. The minimum atomic E-state index is -3.86. The van der Waals surface area contributed by atoms with Crippen LogP contribution in [-0.2, 0) is 19.6 Å². The number of nitrogens with one attached hydrogen (secondary N) is 1. The summed E-state index contributed by atoms with van der Waals surface area (Å²) in [6, 6.07) is 3.96. The predicted molar refractivity (Wildman–Crippen MR) is 68.3 cm³/mol. The van der Waals surface area contributed by atoms with Crippen molar-refractivity contribution in [3.63, 3.8) is 0 Å². The van der Waals surface area contributed by atoms with Crippen molar-refractivity contribution in [3.8, 4) is 0 Å². The van der Waals surface area contributed by atoms with Crippen molar-refractivity contribution in [1.82, 2.24) is 4.72 Å². The Morgan fingerprint density at radius 3 is 2.61 bits per heavy atom. The maximum atomic E-state index is 11.8. The van der Waals surface area contributed by atoms with E-state index >= 15 is 0 Å². The second-order valence-electron chi connectivity index (χ2n) is 3.20. The quantitative estimate of drug-likeness (QED) is 0.842. The predicted octanol–water partition coefficient (Wildman–Crippen LogP) is 1.83. The van der Waals surface area contributed by atoms with Crippen molar-refractivity contribution in [2.24, 2.45) is 0 Å². The van der Waals surface area contributed by atoms with Gasteiger partial charge in [-0.25, -0.2) is 8.42 Å². The summed E-state index contributed by atoms with van der Waals surface area (Å²) in [6.45, 7) is 1.36.